The van der Waals surface area contributed by atoms with E-state index >= 15 is 0 Å². The molecule has 1 rings (SSSR count). The Kier molecular flexibility index (Phi) is 4.12. The highest BCUT2D eigenvalue weighted by atomic mass is 16.3. The molecule has 78 valence electrons. The fourth-order valence-corrected chi connectivity index (χ4v) is 1.78. The molecule has 13 heavy (non-hydrogen) atoms. The standard InChI is InChI=1S/C9H20N2O2/c1-8-5-10(2)3-4-11(8)6-9(13)7-12/h8-9,12-13H,3-7H2,1-2H3. The zero-order valence-corrected chi connectivity index (χ0v) is 8.48. The maximum absolute atomic E-state index is 9.29. The van der Waals surface area contributed by atoms with Gasteiger partial charge in [0.05, 0.1) is 12.7 Å². The highest BCUT2D eigenvalue weighted by molar-refractivity contribution is 4.78. The van der Waals surface area contributed by atoms with Crippen molar-refractivity contribution in [2.24, 2.45) is 0 Å². The summed E-state index contributed by atoms with van der Waals surface area (Å²) in [6.45, 7) is 5.67. The largest absolute Gasteiger partial charge is 0.394 e. The van der Waals surface area contributed by atoms with Crippen molar-refractivity contribution in [1.82, 2.24) is 9.80 Å². The molecule has 1 saturated heterocycles. The van der Waals surface area contributed by atoms with Crippen molar-refractivity contribution < 1.29 is 10.2 Å². The average molecular weight is 188 g/mol. The molecule has 1 fully saturated rings. The fraction of sp³-hybridized carbons (Fsp3) is 1.00. The van der Waals surface area contributed by atoms with Gasteiger partial charge in [0.15, 0.2) is 0 Å². The molecular weight excluding hydrogens is 168 g/mol. The summed E-state index contributed by atoms with van der Waals surface area (Å²) in [7, 11) is 2.11. The van der Waals surface area contributed by atoms with E-state index in [1.807, 2.05) is 0 Å². The number of β-amino-alcohol motifs (C(OH)–C–C–N with tert-alkyl or cyclic N) is 1. The lowest BCUT2D eigenvalue weighted by molar-refractivity contribution is 0.0221. The van der Waals surface area contributed by atoms with E-state index in [4.69, 9.17) is 5.11 Å². The van der Waals surface area contributed by atoms with E-state index in [1.165, 1.54) is 0 Å². The van der Waals surface area contributed by atoms with Gasteiger partial charge in [-0.2, -0.15) is 0 Å². The Labute approximate surface area is 79.8 Å². The van der Waals surface area contributed by atoms with Crippen LogP contribution in [0.2, 0.25) is 0 Å². The van der Waals surface area contributed by atoms with Gasteiger partial charge in [0.2, 0.25) is 0 Å². The molecule has 2 atom stereocenters. The number of hydrogen-bond donors (Lipinski definition) is 2. The molecule has 4 heteroatoms. The molecule has 0 aromatic heterocycles. The number of aliphatic hydroxyl groups is 2. The summed E-state index contributed by atoms with van der Waals surface area (Å²) in [5, 5.41) is 18.0. The van der Waals surface area contributed by atoms with Crippen LogP contribution in [-0.2, 0) is 0 Å². The zero-order valence-electron chi connectivity index (χ0n) is 8.48. The molecule has 2 N–H and O–H groups in total. The topological polar surface area (TPSA) is 46.9 Å². The predicted molar refractivity (Wildman–Crippen MR) is 51.6 cm³/mol. The third-order valence-electron chi connectivity index (χ3n) is 2.62. The lowest BCUT2D eigenvalue weighted by Crippen LogP contribution is -2.52. The van der Waals surface area contributed by atoms with Gasteiger partial charge in [0, 0.05) is 32.2 Å². The van der Waals surface area contributed by atoms with Crippen LogP contribution in [-0.4, -0.2) is 72.0 Å². The van der Waals surface area contributed by atoms with Crippen molar-refractivity contribution in [3.05, 3.63) is 0 Å². The van der Waals surface area contributed by atoms with Crippen LogP contribution in [0.5, 0.6) is 0 Å². The van der Waals surface area contributed by atoms with Gasteiger partial charge in [-0.05, 0) is 14.0 Å². The lowest BCUT2D eigenvalue weighted by atomic mass is 10.2. The predicted octanol–water partition coefficient (Wildman–Crippen LogP) is -1.02. The number of nitrogens with zero attached hydrogens (tertiary/aromatic N) is 2. The number of rotatable bonds is 3. The molecule has 0 aromatic rings. The Hall–Kier alpha value is -0.160. The number of hydrogen-bond acceptors (Lipinski definition) is 4. The van der Waals surface area contributed by atoms with Crippen molar-refractivity contribution in [3.63, 3.8) is 0 Å². The Morgan fingerprint density at radius 3 is 2.69 bits per heavy atom. The summed E-state index contributed by atoms with van der Waals surface area (Å²) in [6, 6.07) is 0.472. The molecule has 4 nitrogen and oxygen atoms in total. The lowest BCUT2D eigenvalue weighted by Gasteiger charge is -2.38. The molecule has 0 radical (unpaired) electrons. The second kappa shape index (κ2) is 4.91. The molecular formula is C9H20N2O2. The molecule has 0 aromatic carbocycles. The van der Waals surface area contributed by atoms with Crippen molar-refractivity contribution >= 4 is 0 Å². The van der Waals surface area contributed by atoms with Crippen LogP contribution in [0.15, 0.2) is 0 Å². The number of aliphatic hydroxyl groups excluding tert-OH is 2. The van der Waals surface area contributed by atoms with Gasteiger partial charge in [-0.15, -0.1) is 0 Å². The van der Waals surface area contributed by atoms with Gasteiger partial charge in [0.25, 0.3) is 0 Å². The SMILES string of the molecule is CC1CN(C)CCN1CC(O)CO. The Bertz CT molecular complexity index is 155. The van der Waals surface area contributed by atoms with Crippen molar-refractivity contribution in [3.8, 4) is 0 Å². The minimum Gasteiger partial charge on any atom is -0.394 e. The van der Waals surface area contributed by atoms with Crippen LogP contribution in [0.25, 0.3) is 0 Å². The quantitative estimate of drug-likeness (QED) is 0.595. The summed E-state index contributed by atoms with van der Waals surface area (Å²) in [5.74, 6) is 0. The number of piperazine rings is 1. The van der Waals surface area contributed by atoms with Crippen molar-refractivity contribution in [2.75, 3.05) is 39.8 Å². The molecule has 0 spiro atoms. The molecule has 0 saturated carbocycles. The molecule has 0 aliphatic carbocycles. The summed E-state index contributed by atoms with van der Waals surface area (Å²) in [5.41, 5.74) is 0. The minimum absolute atomic E-state index is 0.140. The average Bonchev–Trinajstić information content (AvgIpc) is 2.09. The maximum atomic E-state index is 9.29. The van der Waals surface area contributed by atoms with Crippen LogP contribution in [0.4, 0.5) is 0 Å². The van der Waals surface area contributed by atoms with Crippen LogP contribution >= 0.6 is 0 Å². The Morgan fingerprint density at radius 1 is 1.46 bits per heavy atom. The van der Waals surface area contributed by atoms with Crippen molar-refractivity contribution in [2.45, 2.75) is 19.1 Å². The van der Waals surface area contributed by atoms with Crippen LogP contribution < -0.4 is 0 Å². The van der Waals surface area contributed by atoms with Crippen LogP contribution in [0.1, 0.15) is 6.92 Å². The molecule has 1 aliphatic heterocycles. The minimum atomic E-state index is -0.592. The van der Waals surface area contributed by atoms with Gasteiger partial charge >= 0.3 is 0 Å². The van der Waals surface area contributed by atoms with Crippen LogP contribution in [0, 0.1) is 0 Å². The first kappa shape index (κ1) is 10.9. The highest BCUT2D eigenvalue weighted by Gasteiger charge is 2.22. The fourth-order valence-electron chi connectivity index (χ4n) is 1.78. The van der Waals surface area contributed by atoms with E-state index in [0.29, 0.717) is 12.6 Å². The van der Waals surface area contributed by atoms with Gasteiger partial charge in [-0.25, -0.2) is 0 Å². The van der Waals surface area contributed by atoms with Gasteiger partial charge in [-0.1, -0.05) is 0 Å². The van der Waals surface area contributed by atoms with E-state index in [9.17, 15) is 5.11 Å². The zero-order chi connectivity index (χ0) is 9.84. The molecule has 1 aliphatic rings. The first-order chi connectivity index (χ1) is 6.13. The monoisotopic (exact) mass is 188 g/mol. The molecule has 0 bridgehead atoms. The summed E-state index contributed by atoms with van der Waals surface area (Å²) >= 11 is 0. The number of likely N-dealkylation sites (N-methyl/N-ethyl adjacent to an activating group) is 1. The van der Waals surface area contributed by atoms with Gasteiger partial charge < -0.3 is 15.1 Å². The first-order valence-electron chi connectivity index (χ1n) is 4.85. The first-order valence-corrected chi connectivity index (χ1v) is 4.85. The van der Waals surface area contributed by atoms with E-state index in [1.54, 1.807) is 0 Å². The highest BCUT2D eigenvalue weighted by Crippen LogP contribution is 2.07. The molecule has 1 heterocycles. The normalized spacial score (nSPS) is 29.1. The van der Waals surface area contributed by atoms with E-state index < -0.39 is 6.10 Å². The third kappa shape index (κ3) is 3.23. The third-order valence-corrected chi connectivity index (χ3v) is 2.62. The Morgan fingerprint density at radius 2 is 2.15 bits per heavy atom. The van der Waals surface area contributed by atoms with Gasteiger partial charge in [-0.3, -0.25) is 4.90 Å². The summed E-state index contributed by atoms with van der Waals surface area (Å²) < 4.78 is 0. The molecule has 2 unspecified atom stereocenters. The van der Waals surface area contributed by atoms with E-state index in [2.05, 4.69) is 23.8 Å². The van der Waals surface area contributed by atoms with Crippen molar-refractivity contribution in [1.29, 1.82) is 0 Å². The smallest absolute Gasteiger partial charge is 0.0897 e. The molecule has 0 amide bonds. The van der Waals surface area contributed by atoms with Gasteiger partial charge in [0.1, 0.15) is 0 Å². The van der Waals surface area contributed by atoms with E-state index in [0.717, 1.165) is 19.6 Å². The summed E-state index contributed by atoms with van der Waals surface area (Å²) in [6.07, 6.45) is -0.592. The van der Waals surface area contributed by atoms with E-state index in [-0.39, 0.29) is 6.61 Å². The summed E-state index contributed by atoms with van der Waals surface area (Å²) in [4.78, 5) is 4.51. The second-order valence-electron chi connectivity index (χ2n) is 3.94. The van der Waals surface area contributed by atoms with Crippen LogP contribution in [0.3, 0.4) is 0 Å². The Balaban J connectivity index is 2.33. The second-order valence-corrected chi connectivity index (χ2v) is 3.94. The maximum Gasteiger partial charge on any atom is 0.0897 e.